The highest BCUT2D eigenvalue weighted by molar-refractivity contribution is 14.1. The van der Waals surface area contributed by atoms with E-state index in [0.29, 0.717) is 0 Å². The first-order valence-corrected chi connectivity index (χ1v) is 3.79. The van der Waals surface area contributed by atoms with E-state index in [-0.39, 0.29) is 0 Å². The highest BCUT2D eigenvalue weighted by atomic mass is 127. The maximum absolute atomic E-state index is 5.45. The number of allylic oxidation sites excluding steroid dienone is 2. The fourth-order valence-electron chi connectivity index (χ4n) is 0.302. The Morgan fingerprint density at radius 1 is 1.89 bits per heavy atom. The third-order valence-electron chi connectivity index (χ3n) is 0.849. The molecule has 0 aliphatic rings. The minimum Gasteiger partial charge on any atom is -0.318 e. The van der Waals surface area contributed by atoms with Crippen LogP contribution < -0.4 is 5.84 Å². The molecule has 0 aliphatic heterocycles. The first-order valence-electron chi connectivity index (χ1n) is 2.71. The van der Waals surface area contributed by atoms with Crippen molar-refractivity contribution in [2.75, 3.05) is 6.54 Å². The van der Waals surface area contributed by atoms with Gasteiger partial charge in [0, 0.05) is 16.3 Å². The lowest BCUT2D eigenvalue weighted by atomic mass is 10.6. The van der Waals surface area contributed by atoms with Gasteiger partial charge in [-0.25, -0.2) is 5.84 Å². The molecule has 9 heavy (non-hydrogen) atoms. The van der Waals surface area contributed by atoms with Crippen molar-refractivity contribution in [3.63, 3.8) is 0 Å². The highest BCUT2D eigenvalue weighted by Gasteiger charge is 1.85. The maximum Gasteiger partial charge on any atom is 0.0307 e. The molecule has 0 saturated carbocycles. The number of halogens is 1. The quantitative estimate of drug-likeness (QED) is 0.350. The van der Waals surface area contributed by atoms with E-state index in [0.717, 1.165) is 10.1 Å². The molecule has 3 heteroatoms. The minimum absolute atomic E-state index is 0.820. The van der Waals surface area contributed by atoms with Gasteiger partial charge in [-0.2, -0.15) is 0 Å². The van der Waals surface area contributed by atoms with Crippen LogP contribution in [-0.4, -0.2) is 11.6 Å². The summed E-state index contributed by atoms with van der Waals surface area (Å²) in [5, 5.41) is 1.61. The molecule has 0 unspecified atom stereocenters. The summed E-state index contributed by atoms with van der Waals surface area (Å²) in [5.74, 6) is 5.45. The minimum atomic E-state index is 0.820. The molecule has 0 bridgehead atoms. The molecule has 0 spiro atoms. The summed E-state index contributed by atoms with van der Waals surface area (Å²) in [6, 6.07) is 0. The molecule has 0 atom stereocenters. The fraction of sp³-hybridized carbons (Fsp3) is 0.333. The van der Waals surface area contributed by atoms with Crippen molar-refractivity contribution in [3.8, 4) is 0 Å². The zero-order valence-corrected chi connectivity index (χ0v) is 7.63. The van der Waals surface area contributed by atoms with Gasteiger partial charge in [0.15, 0.2) is 0 Å². The molecule has 0 radical (unpaired) electrons. The monoisotopic (exact) mass is 238 g/mol. The van der Waals surface area contributed by atoms with Gasteiger partial charge in [-0.15, -0.1) is 0 Å². The summed E-state index contributed by atoms with van der Waals surface area (Å²) in [5.41, 5.74) is 0. The van der Waals surface area contributed by atoms with Crippen molar-refractivity contribution in [1.29, 1.82) is 0 Å². The van der Waals surface area contributed by atoms with Gasteiger partial charge in [-0.05, 0) is 29.5 Å². The van der Waals surface area contributed by atoms with E-state index in [1.54, 1.807) is 11.1 Å². The van der Waals surface area contributed by atoms with Gasteiger partial charge in [-0.1, -0.05) is 12.7 Å². The normalized spacial score (nSPS) is 11.2. The molecule has 0 amide bonds. The number of hydrazine groups is 1. The van der Waals surface area contributed by atoms with E-state index in [1.165, 1.54) is 0 Å². The number of hydrogen-bond acceptors (Lipinski definition) is 2. The highest BCUT2D eigenvalue weighted by Crippen LogP contribution is 2.05. The lowest BCUT2D eigenvalue weighted by Crippen LogP contribution is -2.24. The summed E-state index contributed by atoms with van der Waals surface area (Å²) >= 11 is 2.17. The average molecular weight is 238 g/mol. The van der Waals surface area contributed by atoms with Crippen LogP contribution in [-0.2, 0) is 0 Å². The second-order valence-electron chi connectivity index (χ2n) is 1.55. The summed E-state index contributed by atoms with van der Waals surface area (Å²) in [4.78, 5) is 0. The van der Waals surface area contributed by atoms with Crippen LogP contribution in [0.3, 0.4) is 0 Å². The van der Waals surface area contributed by atoms with E-state index in [9.17, 15) is 0 Å². The van der Waals surface area contributed by atoms with E-state index in [1.807, 2.05) is 13.1 Å². The first kappa shape index (κ1) is 8.97. The predicted octanol–water partition coefficient (Wildman–Crippen LogP) is 1.64. The Bertz CT molecular complexity index is 120. The van der Waals surface area contributed by atoms with E-state index in [2.05, 4.69) is 29.2 Å². The van der Waals surface area contributed by atoms with Crippen LogP contribution in [0, 0.1) is 0 Å². The van der Waals surface area contributed by atoms with Gasteiger partial charge < -0.3 is 5.01 Å². The van der Waals surface area contributed by atoms with Crippen molar-refractivity contribution in [1.82, 2.24) is 5.01 Å². The Kier molecular flexibility index (Phi) is 4.80. The van der Waals surface area contributed by atoms with Crippen molar-refractivity contribution < 1.29 is 0 Å². The summed E-state index contributed by atoms with van der Waals surface area (Å²) in [6.45, 7) is 6.40. The Hall–Kier alpha value is -0.0300. The third-order valence-corrected chi connectivity index (χ3v) is 1.57. The van der Waals surface area contributed by atoms with Gasteiger partial charge in [0.05, 0.1) is 0 Å². The molecular formula is C6H11IN2. The smallest absolute Gasteiger partial charge is 0.0307 e. The largest absolute Gasteiger partial charge is 0.318 e. The van der Waals surface area contributed by atoms with Crippen LogP contribution in [0.4, 0.5) is 0 Å². The SMILES string of the molecule is C=C/C(I)=C\N(N)CC. The molecule has 0 rings (SSSR count). The number of hydrogen-bond donors (Lipinski definition) is 1. The molecule has 0 aromatic heterocycles. The molecule has 0 aromatic carbocycles. The van der Waals surface area contributed by atoms with Gasteiger partial charge in [0.25, 0.3) is 0 Å². The van der Waals surface area contributed by atoms with E-state index >= 15 is 0 Å². The molecular weight excluding hydrogens is 227 g/mol. The van der Waals surface area contributed by atoms with Crippen molar-refractivity contribution >= 4 is 22.6 Å². The average Bonchev–Trinajstić information content (AvgIpc) is 1.87. The third kappa shape index (κ3) is 4.47. The van der Waals surface area contributed by atoms with Crippen LogP contribution in [0.2, 0.25) is 0 Å². The number of rotatable bonds is 3. The van der Waals surface area contributed by atoms with Crippen LogP contribution in [0.25, 0.3) is 0 Å². The van der Waals surface area contributed by atoms with Gasteiger partial charge in [-0.3, -0.25) is 0 Å². The molecule has 2 N–H and O–H groups in total. The second-order valence-corrected chi connectivity index (χ2v) is 2.79. The Labute approximate surface area is 69.5 Å². The lowest BCUT2D eigenvalue weighted by Gasteiger charge is -2.08. The second kappa shape index (κ2) is 4.81. The first-order chi connectivity index (χ1) is 4.20. The molecule has 52 valence electrons. The number of nitrogens with two attached hydrogens (primary N) is 1. The molecule has 0 heterocycles. The van der Waals surface area contributed by atoms with Crippen LogP contribution >= 0.6 is 22.6 Å². The Morgan fingerprint density at radius 2 is 2.44 bits per heavy atom. The zero-order chi connectivity index (χ0) is 7.28. The molecule has 0 saturated heterocycles. The summed E-state index contributed by atoms with van der Waals surface area (Å²) < 4.78 is 1.05. The fourth-order valence-corrected chi connectivity index (χ4v) is 0.660. The molecule has 0 aliphatic carbocycles. The van der Waals surface area contributed by atoms with Gasteiger partial charge in [0.1, 0.15) is 0 Å². The lowest BCUT2D eigenvalue weighted by molar-refractivity contribution is 0.417. The molecule has 0 aromatic rings. The van der Waals surface area contributed by atoms with Gasteiger partial charge >= 0.3 is 0 Å². The number of nitrogens with zero attached hydrogens (tertiary/aromatic N) is 1. The van der Waals surface area contributed by atoms with Crippen molar-refractivity contribution in [3.05, 3.63) is 22.4 Å². The Balaban J connectivity index is 3.78. The van der Waals surface area contributed by atoms with Crippen molar-refractivity contribution in [2.45, 2.75) is 6.92 Å². The predicted molar refractivity (Wildman–Crippen MR) is 48.9 cm³/mol. The Morgan fingerprint density at radius 3 is 2.78 bits per heavy atom. The maximum atomic E-state index is 5.45. The molecule has 2 nitrogen and oxygen atoms in total. The summed E-state index contributed by atoms with van der Waals surface area (Å²) in [6.07, 6.45) is 3.60. The van der Waals surface area contributed by atoms with Gasteiger partial charge in [0.2, 0.25) is 0 Å². The van der Waals surface area contributed by atoms with Crippen LogP contribution in [0.15, 0.2) is 22.4 Å². The topological polar surface area (TPSA) is 29.3 Å². The van der Waals surface area contributed by atoms with E-state index < -0.39 is 0 Å². The van der Waals surface area contributed by atoms with Crippen LogP contribution in [0.1, 0.15) is 6.92 Å². The molecule has 0 fully saturated rings. The van der Waals surface area contributed by atoms with Crippen LogP contribution in [0.5, 0.6) is 0 Å². The standard InChI is InChI=1S/C6H11IN2/c1-3-6(7)5-9(8)4-2/h3,5H,1,4,8H2,2H3/b6-5+. The van der Waals surface area contributed by atoms with Crippen molar-refractivity contribution in [2.24, 2.45) is 5.84 Å². The summed E-state index contributed by atoms with van der Waals surface area (Å²) in [7, 11) is 0. The van der Waals surface area contributed by atoms with E-state index in [4.69, 9.17) is 5.84 Å². The zero-order valence-electron chi connectivity index (χ0n) is 5.47.